The third-order valence-electron chi connectivity index (χ3n) is 2.70. The molecule has 0 aromatic heterocycles. The fourth-order valence-electron chi connectivity index (χ4n) is 1.62. The molecule has 0 saturated carbocycles. The van der Waals surface area contributed by atoms with E-state index in [0.29, 0.717) is 17.3 Å². The second kappa shape index (κ2) is 7.75. The molecule has 0 heterocycles. The molecule has 0 fully saturated rings. The van der Waals surface area contributed by atoms with Crippen molar-refractivity contribution in [2.75, 3.05) is 20.2 Å². The summed E-state index contributed by atoms with van der Waals surface area (Å²) in [5, 5.41) is 0.532. The molecule has 1 amide bonds. The maximum absolute atomic E-state index is 12.2. The van der Waals surface area contributed by atoms with E-state index < -0.39 is 12.1 Å². The molecule has 0 saturated heterocycles. The van der Waals surface area contributed by atoms with Gasteiger partial charge in [-0.25, -0.2) is 0 Å². The number of methoxy groups -OCH3 is 1. The molecule has 0 radical (unpaired) electrons. The summed E-state index contributed by atoms with van der Waals surface area (Å²) in [4.78, 5) is 24.8. The van der Waals surface area contributed by atoms with Crippen LogP contribution in [0.1, 0.15) is 13.8 Å². The lowest BCUT2D eigenvalue weighted by Crippen LogP contribution is -2.43. The fourth-order valence-corrected chi connectivity index (χ4v) is 1.80. The van der Waals surface area contributed by atoms with Crippen LogP contribution in [0.25, 0.3) is 0 Å². The molecule has 1 aromatic rings. The summed E-state index contributed by atoms with van der Waals surface area (Å²) in [5.41, 5.74) is 0. The monoisotopic (exact) mass is 299 g/mol. The van der Waals surface area contributed by atoms with Gasteiger partial charge in [0.15, 0.2) is 6.10 Å². The quantitative estimate of drug-likeness (QED) is 0.755. The van der Waals surface area contributed by atoms with E-state index in [-0.39, 0.29) is 12.5 Å². The lowest BCUT2D eigenvalue weighted by atomic mass is 10.3. The molecule has 0 bridgehead atoms. The van der Waals surface area contributed by atoms with Crippen molar-refractivity contribution >= 4 is 23.5 Å². The summed E-state index contributed by atoms with van der Waals surface area (Å²) >= 11 is 5.85. The minimum Gasteiger partial charge on any atom is -0.481 e. The summed E-state index contributed by atoms with van der Waals surface area (Å²) in [6.07, 6.45) is -0.710. The van der Waals surface area contributed by atoms with E-state index in [1.54, 1.807) is 38.1 Å². The predicted octanol–water partition coefficient (Wildman–Crippen LogP) is 2.13. The molecule has 110 valence electrons. The maximum atomic E-state index is 12.2. The van der Waals surface area contributed by atoms with Gasteiger partial charge in [-0.2, -0.15) is 0 Å². The van der Waals surface area contributed by atoms with Crippen LogP contribution in [0.4, 0.5) is 0 Å². The Bertz CT molecular complexity index is 478. The van der Waals surface area contributed by atoms with Crippen molar-refractivity contribution in [1.82, 2.24) is 4.90 Å². The average Bonchev–Trinajstić information content (AvgIpc) is 2.43. The number of likely N-dealkylation sites (N-methyl/N-ethyl adjacent to an activating group) is 1. The Labute approximate surface area is 123 Å². The normalized spacial score (nSPS) is 11.6. The first-order chi connectivity index (χ1) is 9.47. The minimum atomic E-state index is -0.710. The molecule has 0 aliphatic rings. The highest BCUT2D eigenvalue weighted by molar-refractivity contribution is 6.30. The van der Waals surface area contributed by atoms with Crippen molar-refractivity contribution in [2.45, 2.75) is 20.0 Å². The summed E-state index contributed by atoms with van der Waals surface area (Å²) in [5.74, 6) is -0.236. The topological polar surface area (TPSA) is 55.8 Å². The van der Waals surface area contributed by atoms with Crippen LogP contribution in [-0.2, 0) is 14.3 Å². The molecule has 1 rings (SSSR count). The number of esters is 1. The Morgan fingerprint density at radius 1 is 1.40 bits per heavy atom. The second-order valence-corrected chi connectivity index (χ2v) is 4.58. The highest BCUT2D eigenvalue weighted by Gasteiger charge is 2.23. The van der Waals surface area contributed by atoms with Crippen LogP contribution in [-0.4, -0.2) is 43.1 Å². The highest BCUT2D eigenvalue weighted by atomic mass is 35.5. The lowest BCUT2D eigenvalue weighted by Gasteiger charge is -2.23. The van der Waals surface area contributed by atoms with Gasteiger partial charge in [-0.05, 0) is 32.0 Å². The van der Waals surface area contributed by atoms with Gasteiger partial charge in [0.05, 0.1) is 7.11 Å². The molecular formula is C14H18ClNO4. The molecular weight excluding hydrogens is 282 g/mol. The van der Waals surface area contributed by atoms with Crippen LogP contribution in [0.3, 0.4) is 0 Å². The number of hydrogen-bond acceptors (Lipinski definition) is 4. The van der Waals surface area contributed by atoms with Crippen molar-refractivity contribution in [1.29, 1.82) is 0 Å². The average molecular weight is 300 g/mol. The standard InChI is InChI=1S/C14H18ClNO4/c1-4-16(9-13(17)19-3)14(18)10(2)20-12-7-5-6-11(15)8-12/h5-8,10H,4,9H2,1-3H3. The van der Waals surface area contributed by atoms with E-state index >= 15 is 0 Å². The molecule has 0 aliphatic carbocycles. The van der Waals surface area contributed by atoms with E-state index in [9.17, 15) is 9.59 Å². The minimum absolute atomic E-state index is 0.0882. The van der Waals surface area contributed by atoms with E-state index in [4.69, 9.17) is 16.3 Å². The van der Waals surface area contributed by atoms with Gasteiger partial charge in [0.2, 0.25) is 0 Å². The third-order valence-corrected chi connectivity index (χ3v) is 2.93. The molecule has 0 N–H and O–H groups in total. The number of benzene rings is 1. The van der Waals surface area contributed by atoms with Gasteiger partial charge in [-0.3, -0.25) is 9.59 Å². The Kier molecular flexibility index (Phi) is 6.31. The van der Waals surface area contributed by atoms with Gasteiger partial charge in [-0.15, -0.1) is 0 Å². The van der Waals surface area contributed by atoms with Gasteiger partial charge < -0.3 is 14.4 Å². The number of carbonyl (C=O) groups is 2. The molecule has 1 unspecified atom stereocenters. The van der Waals surface area contributed by atoms with Gasteiger partial charge >= 0.3 is 5.97 Å². The van der Waals surface area contributed by atoms with Crippen molar-refractivity contribution < 1.29 is 19.1 Å². The molecule has 6 heteroatoms. The number of ether oxygens (including phenoxy) is 2. The van der Waals surface area contributed by atoms with Crippen molar-refractivity contribution in [3.63, 3.8) is 0 Å². The van der Waals surface area contributed by atoms with Crippen LogP contribution in [0, 0.1) is 0 Å². The molecule has 0 aliphatic heterocycles. The molecule has 0 spiro atoms. The van der Waals surface area contributed by atoms with Gasteiger partial charge in [0.25, 0.3) is 5.91 Å². The van der Waals surface area contributed by atoms with Crippen molar-refractivity contribution in [2.24, 2.45) is 0 Å². The van der Waals surface area contributed by atoms with Gasteiger partial charge in [0.1, 0.15) is 12.3 Å². The van der Waals surface area contributed by atoms with E-state index in [2.05, 4.69) is 4.74 Å². The molecule has 1 aromatic carbocycles. The number of halogens is 1. The van der Waals surface area contributed by atoms with Crippen LogP contribution in [0.2, 0.25) is 5.02 Å². The first-order valence-corrected chi connectivity index (χ1v) is 6.63. The van der Waals surface area contributed by atoms with Crippen LogP contribution in [0.15, 0.2) is 24.3 Å². The third kappa shape index (κ3) is 4.74. The van der Waals surface area contributed by atoms with E-state index in [0.717, 1.165) is 0 Å². The number of nitrogens with zero attached hydrogens (tertiary/aromatic N) is 1. The largest absolute Gasteiger partial charge is 0.481 e. The lowest BCUT2D eigenvalue weighted by molar-refractivity contribution is -0.149. The van der Waals surface area contributed by atoms with Crippen molar-refractivity contribution in [3.05, 3.63) is 29.3 Å². The van der Waals surface area contributed by atoms with Crippen LogP contribution in [0.5, 0.6) is 5.75 Å². The Hall–Kier alpha value is -1.75. The Balaban J connectivity index is 2.67. The summed E-state index contributed by atoms with van der Waals surface area (Å²) in [7, 11) is 1.28. The Morgan fingerprint density at radius 3 is 2.65 bits per heavy atom. The number of amides is 1. The first-order valence-electron chi connectivity index (χ1n) is 6.25. The van der Waals surface area contributed by atoms with Gasteiger partial charge in [0, 0.05) is 11.6 Å². The number of carbonyl (C=O) groups excluding carboxylic acids is 2. The van der Waals surface area contributed by atoms with Crippen LogP contribution < -0.4 is 4.74 Å². The summed E-state index contributed by atoms with van der Waals surface area (Å²) < 4.78 is 10.1. The first kappa shape index (κ1) is 16.3. The summed E-state index contributed by atoms with van der Waals surface area (Å²) in [6, 6.07) is 6.80. The number of rotatable bonds is 6. The highest BCUT2D eigenvalue weighted by Crippen LogP contribution is 2.18. The zero-order valence-corrected chi connectivity index (χ0v) is 12.5. The van der Waals surface area contributed by atoms with Crippen LogP contribution >= 0.6 is 11.6 Å². The van der Waals surface area contributed by atoms with Crippen molar-refractivity contribution in [3.8, 4) is 5.75 Å². The van der Waals surface area contributed by atoms with Gasteiger partial charge in [-0.1, -0.05) is 17.7 Å². The second-order valence-electron chi connectivity index (χ2n) is 4.15. The maximum Gasteiger partial charge on any atom is 0.325 e. The van der Waals surface area contributed by atoms with E-state index in [1.165, 1.54) is 12.0 Å². The zero-order chi connectivity index (χ0) is 15.1. The predicted molar refractivity (Wildman–Crippen MR) is 75.8 cm³/mol. The SMILES string of the molecule is CCN(CC(=O)OC)C(=O)C(C)Oc1cccc(Cl)c1. The molecule has 1 atom stereocenters. The smallest absolute Gasteiger partial charge is 0.325 e. The molecule has 20 heavy (non-hydrogen) atoms. The zero-order valence-electron chi connectivity index (χ0n) is 11.8. The fraction of sp³-hybridized carbons (Fsp3) is 0.429. The summed E-state index contributed by atoms with van der Waals surface area (Å²) in [6.45, 7) is 3.72. The number of hydrogen-bond donors (Lipinski definition) is 0. The molecule has 5 nitrogen and oxygen atoms in total. The Morgan fingerprint density at radius 2 is 2.10 bits per heavy atom. The van der Waals surface area contributed by atoms with E-state index in [1.807, 2.05) is 0 Å².